The van der Waals surface area contributed by atoms with Crippen LogP contribution in [0, 0.1) is 0 Å². The van der Waals surface area contributed by atoms with E-state index in [0.717, 1.165) is 45.1 Å². The van der Waals surface area contributed by atoms with E-state index in [2.05, 4.69) is 22.8 Å². The maximum atomic E-state index is 11.0. The molecule has 0 N–H and O–H groups in total. The Morgan fingerprint density at radius 1 is 1.18 bits per heavy atom. The third-order valence-electron chi connectivity index (χ3n) is 2.37. The Morgan fingerprint density at radius 3 is 2.35 bits per heavy atom. The number of ketones is 1. The van der Waals surface area contributed by atoms with Gasteiger partial charge in [-0.25, -0.2) is 0 Å². The molecule has 0 aromatic heterocycles. The third kappa shape index (κ3) is 9.42. The van der Waals surface area contributed by atoms with E-state index >= 15 is 0 Å². The van der Waals surface area contributed by atoms with Crippen molar-refractivity contribution in [2.24, 2.45) is 0 Å². The lowest BCUT2D eigenvalue weighted by Gasteiger charge is -2.18. The van der Waals surface area contributed by atoms with E-state index in [0.29, 0.717) is 6.42 Å². The first-order valence-electron chi connectivity index (χ1n) is 5.89. The molecule has 0 saturated carbocycles. The van der Waals surface area contributed by atoms with Crippen LogP contribution in [-0.2, 0) is 4.79 Å². The van der Waals surface area contributed by atoms with Gasteiger partial charge in [-0.05, 0) is 19.4 Å². The second-order valence-corrected chi connectivity index (χ2v) is 3.86. The fourth-order valence-electron chi connectivity index (χ4n) is 1.56. The summed E-state index contributed by atoms with van der Waals surface area (Å²) in [6.07, 6.45) is 8.05. The number of carbonyl (C=O) groups excluding carboxylic acids is 1. The van der Waals surface area contributed by atoms with Crippen LogP contribution < -0.4 is 0 Å². The predicted molar refractivity (Wildman–Crippen MR) is 70.0 cm³/mol. The highest BCUT2D eigenvalue weighted by atomic mass is 16.1. The van der Waals surface area contributed by atoms with Crippen molar-refractivity contribution < 1.29 is 9.58 Å². The van der Waals surface area contributed by atoms with Gasteiger partial charge >= 0.3 is 6.21 Å². The van der Waals surface area contributed by atoms with Crippen molar-refractivity contribution in [2.45, 2.75) is 25.7 Å². The second kappa shape index (κ2) is 11.0. The molecule has 0 aliphatic carbocycles. The summed E-state index contributed by atoms with van der Waals surface area (Å²) in [6, 6.07) is 0. The minimum Gasteiger partial charge on any atom is -0.361 e. The highest BCUT2D eigenvalue weighted by Gasteiger charge is 2.03. The summed E-state index contributed by atoms with van der Waals surface area (Å²) in [5.74, 6) is -0.124. The Hall–Kier alpha value is -1.51. The van der Waals surface area contributed by atoms with Gasteiger partial charge in [0.15, 0.2) is 0 Å². The zero-order valence-electron chi connectivity index (χ0n) is 10.3. The van der Waals surface area contributed by atoms with Crippen LogP contribution in [-0.4, -0.2) is 41.3 Å². The molecule has 94 valence electrons. The fourth-order valence-corrected chi connectivity index (χ4v) is 1.56. The van der Waals surface area contributed by atoms with Crippen molar-refractivity contribution in [2.75, 3.05) is 19.6 Å². The molecule has 0 aliphatic heterocycles. The number of carbonyl (C=O) groups is 1. The molecule has 0 atom stereocenters. The molecule has 0 saturated heterocycles. The summed E-state index contributed by atoms with van der Waals surface area (Å²) in [5, 5.41) is 0. The highest BCUT2D eigenvalue weighted by molar-refractivity contribution is 6.25. The van der Waals surface area contributed by atoms with Crippen LogP contribution in [0.4, 0.5) is 0 Å². The van der Waals surface area contributed by atoms with Gasteiger partial charge in [-0.1, -0.05) is 18.6 Å². The summed E-state index contributed by atoms with van der Waals surface area (Å²) >= 11 is 0. The van der Waals surface area contributed by atoms with Crippen LogP contribution in [0.3, 0.4) is 0 Å². The highest BCUT2D eigenvalue weighted by Crippen LogP contribution is 2.02. The molecule has 0 radical (unpaired) electrons. The van der Waals surface area contributed by atoms with E-state index in [9.17, 15) is 4.79 Å². The maximum absolute atomic E-state index is 11.0. The van der Waals surface area contributed by atoms with Gasteiger partial charge < -0.3 is 5.53 Å². The first-order valence-corrected chi connectivity index (χ1v) is 5.89. The van der Waals surface area contributed by atoms with E-state index in [4.69, 9.17) is 5.53 Å². The van der Waals surface area contributed by atoms with E-state index in [1.54, 1.807) is 0 Å². The van der Waals surface area contributed by atoms with Crippen molar-refractivity contribution in [1.29, 1.82) is 0 Å². The summed E-state index contributed by atoms with van der Waals surface area (Å²) in [6.45, 7) is 10.1. The molecular formula is C13H21N3O. The maximum Gasteiger partial charge on any atom is 0.323 e. The lowest BCUT2D eigenvalue weighted by molar-refractivity contribution is -0.116. The van der Waals surface area contributed by atoms with Crippen LogP contribution in [0.25, 0.3) is 5.53 Å². The lowest BCUT2D eigenvalue weighted by atomic mass is 10.1. The number of Topliss-reactive ketones (excluding diaryl/α,β-unsaturated/α-hetero) is 1. The second-order valence-electron chi connectivity index (χ2n) is 3.86. The Bertz CT molecular complexity index is 283. The molecule has 0 rings (SSSR count). The SMILES string of the molecule is C=CCN(CC=C)CCCCCC(=O)C=[N+]=[N-]. The summed E-state index contributed by atoms with van der Waals surface area (Å²) < 4.78 is 0. The molecule has 0 unspecified atom stereocenters. The molecule has 0 aromatic carbocycles. The summed E-state index contributed by atoms with van der Waals surface area (Å²) in [7, 11) is 0. The average molecular weight is 235 g/mol. The van der Waals surface area contributed by atoms with Crippen molar-refractivity contribution >= 4 is 12.0 Å². The largest absolute Gasteiger partial charge is 0.361 e. The molecule has 0 heterocycles. The van der Waals surface area contributed by atoms with E-state index in [-0.39, 0.29) is 5.78 Å². The number of rotatable bonds is 11. The molecular weight excluding hydrogens is 214 g/mol. The summed E-state index contributed by atoms with van der Waals surface area (Å²) in [5.41, 5.74) is 8.15. The Labute approximate surface area is 103 Å². The van der Waals surface area contributed by atoms with Crippen LogP contribution in [0.5, 0.6) is 0 Å². The molecule has 0 fully saturated rings. The van der Waals surface area contributed by atoms with Gasteiger partial charge in [0.1, 0.15) is 0 Å². The minimum atomic E-state index is -0.124. The van der Waals surface area contributed by atoms with Crippen LogP contribution in [0.2, 0.25) is 0 Å². The van der Waals surface area contributed by atoms with Crippen molar-refractivity contribution in [3.05, 3.63) is 30.8 Å². The molecule has 0 aromatic rings. The Balaban J connectivity index is 3.60. The molecule has 17 heavy (non-hydrogen) atoms. The third-order valence-corrected chi connectivity index (χ3v) is 2.37. The van der Waals surface area contributed by atoms with E-state index in [1.165, 1.54) is 0 Å². The normalized spacial score (nSPS) is 9.71. The van der Waals surface area contributed by atoms with Gasteiger partial charge in [0, 0.05) is 19.5 Å². The molecule has 4 heteroatoms. The van der Waals surface area contributed by atoms with Crippen LogP contribution >= 0.6 is 0 Å². The predicted octanol–water partition coefficient (Wildman–Crippen LogP) is 2.09. The van der Waals surface area contributed by atoms with Gasteiger partial charge in [0.2, 0.25) is 5.78 Å². The lowest BCUT2D eigenvalue weighted by Crippen LogP contribution is -2.25. The zero-order chi connectivity index (χ0) is 12.9. The number of hydrogen-bond donors (Lipinski definition) is 0. The van der Waals surface area contributed by atoms with Crippen molar-refractivity contribution in [3.8, 4) is 0 Å². The van der Waals surface area contributed by atoms with Crippen molar-refractivity contribution in [1.82, 2.24) is 4.90 Å². The molecule has 0 bridgehead atoms. The molecule has 0 aliphatic rings. The Kier molecular flexibility index (Phi) is 10.0. The zero-order valence-corrected chi connectivity index (χ0v) is 10.3. The minimum absolute atomic E-state index is 0.124. The number of nitrogens with zero attached hydrogens (tertiary/aromatic N) is 3. The number of unbranched alkanes of at least 4 members (excludes halogenated alkanes) is 2. The van der Waals surface area contributed by atoms with Gasteiger partial charge in [0.25, 0.3) is 0 Å². The topological polar surface area (TPSA) is 56.7 Å². The number of hydrogen-bond acceptors (Lipinski definition) is 2. The van der Waals surface area contributed by atoms with Crippen LogP contribution in [0.15, 0.2) is 25.3 Å². The van der Waals surface area contributed by atoms with Gasteiger partial charge in [0.05, 0.1) is 0 Å². The van der Waals surface area contributed by atoms with Gasteiger partial charge in [-0.2, -0.15) is 4.79 Å². The smallest absolute Gasteiger partial charge is 0.323 e. The molecule has 0 spiro atoms. The van der Waals surface area contributed by atoms with Gasteiger partial charge in [-0.15, -0.1) is 13.2 Å². The quantitative estimate of drug-likeness (QED) is 0.181. The first kappa shape index (κ1) is 15.5. The average Bonchev–Trinajstić information content (AvgIpc) is 2.29. The molecule has 4 nitrogen and oxygen atoms in total. The standard InChI is InChI=1S/C13H21N3O/c1-3-9-16(10-4-2)11-7-5-6-8-13(17)12-15-14/h3-4,12H,1-2,5-11H2. The van der Waals surface area contributed by atoms with Crippen LogP contribution in [0.1, 0.15) is 25.7 Å². The fraction of sp³-hybridized carbons (Fsp3) is 0.538. The van der Waals surface area contributed by atoms with E-state index in [1.807, 2.05) is 12.2 Å². The van der Waals surface area contributed by atoms with E-state index < -0.39 is 0 Å². The summed E-state index contributed by atoms with van der Waals surface area (Å²) in [4.78, 5) is 16.0. The van der Waals surface area contributed by atoms with Gasteiger partial charge in [-0.3, -0.25) is 9.69 Å². The first-order chi connectivity index (χ1) is 8.24. The van der Waals surface area contributed by atoms with Crippen molar-refractivity contribution in [3.63, 3.8) is 0 Å². The Morgan fingerprint density at radius 2 is 1.82 bits per heavy atom. The molecule has 0 amide bonds. The monoisotopic (exact) mass is 235 g/mol.